The quantitative estimate of drug-likeness (QED) is 0.465. The first-order valence-corrected chi connectivity index (χ1v) is 11.4. The summed E-state index contributed by atoms with van der Waals surface area (Å²) in [5, 5.41) is 1.91. The number of hydrogen-bond donors (Lipinski definition) is 1. The normalized spacial score (nSPS) is 16.1. The number of pyridine rings is 1. The van der Waals surface area contributed by atoms with Crippen molar-refractivity contribution in [3.8, 4) is 11.8 Å². The summed E-state index contributed by atoms with van der Waals surface area (Å²) in [5.41, 5.74) is 6.76. The highest BCUT2D eigenvalue weighted by Gasteiger charge is 2.26. The van der Waals surface area contributed by atoms with E-state index in [-0.39, 0.29) is 12.6 Å². The molecule has 1 saturated heterocycles. The van der Waals surface area contributed by atoms with Crippen molar-refractivity contribution in [2.45, 2.75) is 38.9 Å². The average Bonchev–Trinajstić information content (AvgIpc) is 3.24. The fraction of sp³-hybridized carbons (Fsp3) is 0.360. The second-order valence-electron chi connectivity index (χ2n) is 8.66. The van der Waals surface area contributed by atoms with Crippen LogP contribution in [0.15, 0.2) is 46.1 Å². The molecule has 4 aromatic rings. The van der Waals surface area contributed by atoms with E-state index in [1.807, 2.05) is 34.9 Å². The Morgan fingerprint density at radius 3 is 2.79 bits per heavy atom. The van der Waals surface area contributed by atoms with Gasteiger partial charge < -0.3 is 10.6 Å². The number of nitrogens with two attached hydrogens (primary N) is 1. The highest BCUT2D eigenvalue weighted by Crippen LogP contribution is 2.23. The smallest absolute Gasteiger partial charge is 0.332 e. The Kier molecular flexibility index (Phi) is 5.67. The molecule has 3 aromatic heterocycles. The van der Waals surface area contributed by atoms with Crippen molar-refractivity contribution in [3.63, 3.8) is 0 Å². The Balaban J connectivity index is 1.72. The van der Waals surface area contributed by atoms with E-state index < -0.39 is 11.2 Å². The molecular weight excluding hydrogens is 430 g/mol. The first kappa shape index (κ1) is 21.9. The first-order chi connectivity index (χ1) is 16.5. The van der Waals surface area contributed by atoms with Crippen LogP contribution in [0.25, 0.3) is 21.9 Å². The van der Waals surface area contributed by atoms with Crippen LogP contribution < -0.4 is 21.9 Å². The van der Waals surface area contributed by atoms with Gasteiger partial charge in [-0.1, -0.05) is 30.2 Å². The van der Waals surface area contributed by atoms with E-state index >= 15 is 0 Å². The number of aryl methyl sites for hydroxylation is 1. The molecule has 1 aliphatic heterocycles. The molecule has 9 nitrogen and oxygen atoms in total. The van der Waals surface area contributed by atoms with Crippen LogP contribution in [0.1, 0.15) is 25.5 Å². The predicted octanol–water partition coefficient (Wildman–Crippen LogP) is 1.44. The van der Waals surface area contributed by atoms with Crippen molar-refractivity contribution in [1.82, 2.24) is 23.7 Å². The second kappa shape index (κ2) is 8.80. The Labute approximate surface area is 196 Å². The maximum absolute atomic E-state index is 13.8. The highest BCUT2D eigenvalue weighted by molar-refractivity contribution is 5.84. The Morgan fingerprint density at radius 2 is 2.00 bits per heavy atom. The van der Waals surface area contributed by atoms with E-state index in [4.69, 9.17) is 10.7 Å². The van der Waals surface area contributed by atoms with Crippen molar-refractivity contribution in [3.05, 3.63) is 63.1 Å². The zero-order valence-corrected chi connectivity index (χ0v) is 19.4. The molecule has 174 valence electrons. The number of rotatable bonds is 4. The zero-order valence-electron chi connectivity index (χ0n) is 19.4. The van der Waals surface area contributed by atoms with Crippen molar-refractivity contribution in [1.29, 1.82) is 0 Å². The number of imidazole rings is 1. The van der Waals surface area contributed by atoms with Crippen LogP contribution in [-0.2, 0) is 20.1 Å². The van der Waals surface area contributed by atoms with Gasteiger partial charge in [0.15, 0.2) is 11.2 Å². The van der Waals surface area contributed by atoms with Gasteiger partial charge in [-0.25, -0.2) is 4.79 Å². The van der Waals surface area contributed by atoms with Crippen LogP contribution >= 0.6 is 0 Å². The van der Waals surface area contributed by atoms with Crippen molar-refractivity contribution < 1.29 is 0 Å². The minimum Gasteiger partial charge on any atom is -0.341 e. The van der Waals surface area contributed by atoms with Gasteiger partial charge in [0.1, 0.15) is 0 Å². The highest BCUT2D eigenvalue weighted by atomic mass is 16.2. The van der Waals surface area contributed by atoms with E-state index in [1.54, 1.807) is 20.2 Å². The van der Waals surface area contributed by atoms with Gasteiger partial charge in [-0.3, -0.25) is 23.5 Å². The molecule has 0 radical (unpaired) electrons. The van der Waals surface area contributed by atoms with Crippen LogP contribution in [0.3, 0.4) is 0 Å². The molecule has 34 heavy (non-hydrogen) atoms. The van der Waals surface area contributed by atoms with Gasteiger partial charge in [0, 0.05) is 37.8 Å². The summed E-state index contributed by atoms with van der Waals surface area (Å²) in [6.45, 7) is 3.56. The van der Waals surface area contributed by atoms with E-state index in [0.717, 1.165) is 30.2 Å². The largest absolute Gasteiger partial charge is 0.341 e. The van der Waals surface area contributed by atoms with Crippen LogP contribution in [0.4, 0.5) is 5.95 Å². The minimum atomic E-state index is -0.430. The van der Waals surface area contributed by atoms with E-state index in [9.17, 15) is 9.59 Å². The Bertz CT molecular complexity index is 1560. The maximum Gasteiger partial charge on any atom is 0.332 e. The predicted molar refractivity (Wildman–Crippen MR) is 133 cm³/mol. The fourth-order valence-electron chi connectivity index (χ4n) is 4.70. The molecular formula is C25H27N7O2. The lowest BCUT2D eigenvalue weighted by Crippen LogP contribution is -2.44. The lowest BCUT2D eigenvalue weighted by molar-refractivity contribution is 0.496. The van der Waals surface area contributed by atoms with E-state index in [1.165, 1.54) is 9.13 Å². The van der Waals surface area contributed by atoms with Crippen molar-refractivity contribution in [2.24, 2.45) is 12.8 Å². The molecule has 4 heterocycles. The number of fused-ring (bicyclic) bond motifs is 2. The zero-order chi connectivity index (χ0) is 23.8. The number of hydrogen-bond acceptors (Lipinski definition) is 6. The van der Waals surface area contributed by atoms with Crippen LogP contribution in [-0.4, -0.2) is 42.8 Å². The van der Waals surface area contributed by atoms with E-state index in [2.05, 4.69) is 21.7 Å². The Morgan fingerprint density at radius 1 is 1.18 bits per heavy atom. The van der Waals surface area contributed by atoms with Gasteiger partial charge in [0.05, 0.1) is 18.8 Å². The monoisotopic (exact) mass is 457 g/mol. The fourth-order valence-corrected chi connectivity index (χ4v) is 4.70. The molecule has 0 spiro atoms. The lowest BCUT2D eigenvalue weighted by Gasteiger charge is -2.31. The molecule has 0 amide bonds. The van der Waals surface area contributed by atoms with E-state index in [0.29, 0.717) is 35.9 Å². The number of piperidine rings is 1. The lowest BCUT2D eigenvalue weighted by atomic mass is 10.1. The van der Waals surface area contributed by atoms with Gasteiger partial charge in [-0.2, -0.15) is 4.98 Å². The summed E-state index contributed by atoms with van der Waals surface area (Å²) in [6, 6.07) is 9.76. The van der Waals surface area contributed by atoms with Crippen LogP contribution in [0, 0.1) is 11.8 Å². The molecule has 0 saturated carbocycles. The van der Waals surface area contributed by atoms with Gasteiger partial charge in [-0.05, 0) is 31.2 Å². The summed E-state index contributed by atoms with van der Waals surface area (Å²) in [4.78, 5) is 38.4. The molecule has 5 rings (SSSR count). The summed E-state index contributed by atoms with van der Waals surface area (Å²) in [6.07, 6.45) is 3.60. The molecule has 0 bridgehead atoms. The minimum absolute atomic E-state index is 0.0391. The average molecular weight is 458 g/mol. The number of benzene rings is 1. The standard InChI is InChI=1S/C25H27N7O2/c1-3-4-14-31-21-22(28-24(31)30-13-7-9-18(26)15-30)29(2)25(34)32(23(21)33)16-20-19-10-6-5-8-17(19)11-12-27-20/h5-6,8,10-12,18H,7,9,13-16,26H2,1-2H3. The third-order valence-electron chi connectivity index (χ3n) is 6.43. The summed E-state index contributed by atoms with van der Waals surface area (Å²) >= 11 is 0. The number of aromatic nitrogens is 5. The summed E-state index contributed by atoms with van der Waals surface area (Å²) < 4.78 is 4.49. The van der Waals surface area contributed by atoms with Crippen LogP contribution in [0.2, 0.25) is 0 Å². The molecule has 1 unspecified atom stereocenters. The topological polar surface area (TPSA) is 104 Å². The summed E-state index contributed by atoms with van der Waals surface area (Å²) in [7, 11) is 1.64. The number of nitrogens with zero attached hydrogens (tertiary/aromatic N) is 6. The van der Waals surface area contributed by atoms with Gasteiger partial charge >= 0.3 is 5.69 Å². The molecule has 1 fully saturated rings. The third-order valence-corrected chi connectivity index (χ3v) is 6.43. The first-order valence-electron chi connectivity index (χ1n) is 11.4. The summed E-state index contributed by atoms with van der Waals surface area (Å²) in [5.74, 6) is 6.58. The van der Waals surface area contributed by atoms with Crippen LogP contribution in [0.5, 0.6) is 0 Å². The maximum atomic E-state index is 13.8. The molecule has 1 aromatic carbocycles. The van der Waals surface area contributed by atoms with Crippen molar-refractivity contribution in [2.75, 3.05) is 18.0 Å². The SMILES string of the molecule is CC#CCn1c(N2CCCC(N)C2)nc2c1c(=O)n(Cc1nccc3ccccc13)c(=O)n2C. The second-order valence-corrected chi connectivity index (χ2v) is 8.66. The van der Waals surface area contributed by atoms with Gasteiger partial charge in [-0.15, -0.1) is 5.92 Å². The molecule has 9 heteroatoms. The Hall–Kier alpha value is -3.90. The molecule has 1 atom stereocenters. The molecule has 2 N–H and O–H groups in total. The van der Waals surface area contributed by atoms with Gasteiger partial charge in [0.2, 0.25) is 5.95 Å². The third kappa shape index (κ3) is 3.66. The number of anilines is 1. The van der Waals surface area contributed by atoms with Crippen molar-refractivity contribution >= 4 is 27.9 Å². The van der Waals surface area contributed by atoms with Gasteiger partial charge in [0.25, 0.3) is 5.56 Å². The molecule has 0 aliphatic carbocycles. The molecule has 1 aliphatic rings.